The second-order valence-corrected chi connectivity index (χ2v) is 4.98. The highest BCUT2D eigenvalue weighted by Crippen LogP contribution is 2.36. The van der Waals surface area contributed by atoms with Crippen molar-refractivity contribution in [2.24, 2.45) is 11.1 Å². The number of benzene rings is 1. The van der Waals surface area contributed by atoms with Gasteiger partial charge in [-0.3, -0.25) is 0 Å². The molecule has 0 aliphatic heterocycles. The van der Waals surface area contributed by atoms with E-state index in [9.17, 15) is 9.50 Å². The Morgan fingerprint density at radius 2 is 1.87 bits per heavy atom. The van der Waals surface area contributed by atoms with Crippen LogP contribution in [0.1, 0.15) is 37.9 Å². The number of hydrogen-bond acceptors (Lipinski definition) is 2. The molecule has 1 atom stereocenters. The normalized spacial score (nSPS) is 14.0. The second-order valence-electron chi connectivity index (χ2n) is 4.98. The van der Waals surface area contributed by atoms with Crippen molar-refractivity contribution in [3.8, 4) is 5.75 Å². The van der Waals surface area contributed by atoms with E-state index in [-0.39, 0.29) is 17.2 Å². The second kappa shape index (κ2) is 3.81. The summed E-state index contributed by atoms with van der Waals surface area (Å²) in [6.45, 7) is 7.47. The summed E-state index contributed by atoms with van der Waals surface area (Å²) >= 11 is 0. The van der Waals surface area contributed by atoms with Crippen LogP contribution in [0.4, 0.5) is 4.39 Å². The molecule has 0 spiro atoms. The van der Waals surface area contributed by atoms with E-state index in [4.69, 9.17) is 5.73 Å². The molecule has 0 saturated carbocycles. The maximum atomic E-state index is 13.4. The van der Waals surface area contributed by atoms with Gasteiger partial charge in [-0.05, 0) is 17.9 Å². The van der Waals surface area contributed by atoms with Crippen LogP contribution in [0, 0.1) is 18.2 Å². The summed E-state index contributed by atoms with van der Waals surface area (Å²) in [6.07, 6.45) is 0. The van der Waals surface area contributed by atoms with Gasteiger partial charge in [-0.15, -0.1) is 0 Å². The highest BCUT2D eigenvalue weighted by molar-refractivity contribution is 5.40. The standard InChI is InChI=1S/C12H18FNO/c1-7-5-6-8(10(15)9(7)13)11(14)12(2,3)4/h5-6,11,15H,14H2,1-4H3/t11-/m0/s1. The Balaban J connectivity index is 3.23. The van der Waals surface area contributed by atoms with Crippen molar-refractivity contribution in [1.29, 1.82) is 0 Å². The Morgan fingerprint density at radius 3 is 2.33 bits per heavy atom. The van der Waals surface area contributed by atoms with Crippen LogP contribution in [0.2, 0.25) is 0 Å². The van der Waals surface area contributed by atoms with Gasteiger partial charge in [0.15, 0.2) is 11.6 Å². The van der Waals surface area contributed by atoms with Crippen molar-refractivity contribution in [3.05, 3.63) is 29.1 Å². The molecule has 3 N–H and O–H groups in total. The summed E-state index contributed by atoms with van der Waals surface area (Å²) < 4.78 is 13.4. The molecule has 1 rings (SSSR count). The molecule has 1 aromatic carbocycles. The van der Waals surface area contributed by atoms with Gasteiger partial charge in [0, 0.05) is 11.6 Å². The SMILES string of the molecule is Cc1ccc([C@H](N)C(C)(C)C)c(O)c1F. The van der Waals surface area contributed by atoms with E-state index in [2.05, 4.69) is 0 Å². The molecule has 0 unspecified atom stereocenters. The van der Waals surface area contributed by atoms with Crippen LogP contribution in [-0.4, -0.2) is 5.11 Å². The molecule has 0 radical (unpaired) electrons. The fourth-order valence-corrected chi connectivity index (χ4v) is 1.40. The molecule has 15 heavy (non-hydrogen) atoms. The average Bonchev–Trinajstić information content (AvgIpc) is 2.12. The first kappa shape index (κ1) is 12.0. The monoisotopic (exact) mass is 211 g/mol. The van der Waals surface area contributed by atoms with Crippen LogP contribution < -0.4 is 5.73 Å². The van der Waals surface area contributed by atoms with Gasteiger partial charge in [0.25, 0.3) is 0 Å². The summed E-state index contributed by atoms with van der Waals surface area (Å²) in [7, 11) is 0. The largest absolute Gasteiger partial charge is 0.505 e. The number of phenols is 1. The fraction of sp³-hybridized carbons (Fsp3) is 0.500. The van der Waals surface area contributed by atoms with Crippen LogP contribution in [0.3, 0.4) is 0 Å². The van der Waals surface area contributed by atoms with Gasteiger partial charge in [-0.1, -0.05) is 32.9 Å². The molecule has 0 saturated heterocycles. The molecular weight excluding hydrogens is 193 g/mol. The zero-order valence-corrected chi connectivity index (χ0v) is 9.63. The smallest absolute Gasteiger partial charge is 0.168 e. The van der Waals surface area contributed by atoms with Gasteiger partial charge >= 0.3 is 0 Å². The molecule has 1 aromatic rings. The van der Waals surface area contributed by atoms with E-state index in [1.54, 1.807) is 19.1 Å². The van der Waals surface area contributed by atoms with Crippen LogP contribution >= 0.6 is 0 Å². The maximum Gasteiger partial charge on any atom is 0.168 e. The molecular formula is C12H18FNO. The molecule has 0 aliphatic carbocycles. The topological polar surface area (TPSA) is 46.2 Å². The first-order valence-corrected chi connectivity index (χ1v) is 4.98. The van der Waals surface area contributed by atoms with E-state index < -0.39 is 5.82 Å². The summed E-state index contributed by atoms with van der Waals surface area (Å²) in [5.41, 5.74) is 6.65. The van der Waals surface area contributed by atoms with E-state index in [1.165, 1.54) is 0 Å². The molecule has 0 heterocycles. The minimum absolute atomic E-state index is 0.209. The summed E-state index contributed by atoms with van der Waals surface area (Å²) in [5.74, 6) is -0.898. The Kier molecular flexibility index (Phi) is 3.05. The molecule has 0 aromatic heterocycles. The summed E-state index contributed by atoms with van der Waals surface area (Å²) in [5, 5.41) is 9.66. The van der Waals surface area contributed by atoms with Crippen molar-refractivity contribution in [1.82, 2.24) is 0 Å². The number of phenolic OH excluding ortho intramolecular Hbond substituents is 1. The first-order chi connectivity index (χ1) is 6.75. The van der Waals surface area contributed by atoms with E-state index in [0.29, 0.717) is 11.1 Å². The van der Waals surface area contributed by atoms with E-state index in [0.717, 1.165) is 0 Å². The molecule has 3 heteroatoms. The number of aryl methyl sites for hydroxylation is 1. The quantitative estimate of drug-likeness (QED) is 0.750. The van der Waals surface area contributed by atoms with Crippen molar-refractivity contribution >= 4 is 0 Å². The summed E-state index contributed by atoms with van der Waals surface area (Å²) in [6, 6.07) is 2.94. The molecule has 0 aliphatic rings. The number of halogens is 1. The third-order valence-electron chi connectivity index (χ3n) is 2.61. The van der Waals surface area contributed by atoms with Crippen LogP contribution in [-0.2, 0) is 0 Å². The first-order valence-electron chi connectivity index (χ1n) is 4.98. The van der Waals surface area contributed by atoms with Crippen LogP contribution in [0.25, 0.3) is 0 Å². The number of nitrogens with two attached hydrogens (primary N) is 1. The Labute approximate surface area is 89.9 Å². The number of rotatable bonds is 1. The highest BCUT2D eigenvalue weighted by atomic mass is 19.1. The summed E-state index contributed by atoms with van der Waals surface area (Å²) in [4.78, 5) is 0. The molecule has 84 valence electrons. The molecule has 0 fully saturated rings. The average molecular weight is 211 g/mol. The zero-order valence-electron chi connectivity index (χ0n) is 9.63. The predicted molar refractivity (Wildman–Crippen MR) is 59.2 cm³/mol. The van der Waals surface area contributed by atoms with Crippen molar-refractivity contribution in [2.75, 3.05) is 0 Å². The van der Waals surface area contributed by atoms with E-state index in [1.807, 2.05) is 20.8 Å². The van der Waals surface area contributed by atoms with Gasteiger partial charge in [0.05, 0.1) is 0 Å². The Bertz CT molecular complexity index is 369. The Morgan fingerprint density at radius 1 is 1.33 bits per heavy atom. The number of hydrogen-bond donors (Lipinski definition) is 2. The highest BCUT2D eigenvalue weighted by Gasteiger charge is 2.26. The van der Waals surface area contributed by atoms with Crippen LogP contribution in [0.15, 0.2) is 12.1 Å². The molecule has 0 bridgehead atoms. The lowest BCUT2D eigenvalue weighted by molar-refractivity contribution is 0.313. The lowest BCUT2D eigenvalue weighted by Gasteiger charge is -2.28. The van der Waals surface area contributed by atoms with Gasteiger partial charge in [0.2, 0.25) is 0 Å². The van der Waals surface area contributed by atoms with Gasteiger partial charge in [-0.2, -0.15) is 0 Å². The third-order valence-corrected chi connectivity index (χ3v) is 2.61. The van der Waals surface area contributed by atoms with Gasteiger partial charge in [0.1, 0.15) is 0 Å². The lowest BCUT2D eigenvalue weighted by Crippen LogP contribution is -2.26. The predicted octanol–water partition coefficient (Wildman–Crippen LogP) is 2.89. The maximum absolute atomic E-state index is 13.4. The number of aromatic hydroxyl groups is 1. The third kappa shape index (κ3) is 2.29. The van der Waals surface area contributed by atoms with Crippen LogP contribution in [0.5, 0.6) is 5.75 Å². The lowest BCUT2D eigenvalue weighted by atomic mass is 9.82. The van der Waals surface area contributed by atoms with Gasteiger partial charge in [-0.25, -0.2) is 4.39 Å². The minimum Gasteiger partial charge on any atom is -0.505 e. The molecule has 2 nitrogen and oxygen atoms in total. The van der Waals surface area contributed by atoms with Crippen molar-refractivity contribution in [2.45, 2.75) is 33.7 Å². The molecule has 0 amide bonds. The fourth-order valence-electron chi connectivity index (χ4n) is 1.40. The van der Waals surface area contributed by atoms with Crippen molar-refractivity contribution in [3.63, 3.8) is 0 Å². The van der Waals surface area contributed by atoms with Crippen molar-refractivity contribution < 1.29 is 9.50 Å². The Hall–Kier alpha value is -1.09. The van der Waals surface area contributed by atoms with Gasteiger partial charge < -0.3 is 10.8 Å². The van der Waals surface area contributed by atoms with E-state index >= 15 is 0 Å². The minimum atomic E-state index is -0.577. The zero-order chi connectivity index (χ0) is 11.8.